The standard InChI is InChI=1S/C44H10N2O2/c1-2-3-4-5-6-7-8-9-10-11-12-13-14-15-16-17-18-19-20-21-22-23-24-25-26-27-28-29-30-31-32-33-34-35-39-46-44(48)42-38-36-37-41(40-42)43(45)47/h36-40H,1H2,(H2,45,47)(H,46,48). The number of carbonyl (C=O) groups excluding carboxylic acids is 2. The number of hydrogen-bond donors (Lipinski definition) is 2. The van der Waals surface area contributed by atoms with Crippen LogP contribution in [0, 0.1) is 0 Å². The van der Waals surface area contributed by atoms with Crippen molar-refractivity contribution in [1.29, 1.82) is 0 Å². The highest BCUT2D eigenvalue weighted by Gasteiger charge is 2.06. The molecule has 0 saturated heterocycles. The summed E-state index contributed by atoms with van der Waals surface area (Å²) in [5, 5.41) is 2.46. The SMILES string of the molecule is C=C=C=C=C=C=C=C=C=C=C=C=C=C=C=C=C=C=C=C=C=C=C=C=C=C=C=C=C=C=C=C=C=C=C=CNC(=O)c1cccc(C(N)=O)c1. The third kappa shape index (κ3) is 22.1. The van der Waals surface area contributed by atoms with E-state index in [9.17, 15) is 9.59 Å². The molecular weight excluding hydrogens is 588 g/mol. The van der Waals surface area contributed by atoms with Crippen molar-refractivity contribution in [3.63, 3.8) is 0 Å². The number of hydrogen-bond acceptors (Lipinski definition) is 2. The lowest BCUT2D eigenvalue weighted by atomic mass is 10.1. The van der Waals surface area contributed by atoms with Gasteiger partial charge in [0.15, 0.2) is 0 Å². The van der Waals surface area contributed by atoms with E-state index in [-0.39, 0.29) is 11.1 Å². The molecule has 0 fully saturated rings. The van der Waals surface area contributed by atoms with Gasteiger partial charge in [-0.05, 0) is 122 Å². The second-order valence-electron chi connectivity index (χ2n) is 6.88. The van der Waals surface area contributed by atoms with Gasteiger partial charge in [-0.15, -0.1) is 0 Å². The zero-order valence-corrected chi connectivity index (χ0v) is 24.5. The van der Waals surface area contributed by atoms with E-state index in [1.54, 1.807) is 6.07 Å². The lowest BCUT2D eigenvalue weighted by molar-refractivity contribution is 0.0970. The van der Waals surface area contributed by atoms with Gasteiger partial charge in [0.1, 0.15) is 0 Å². The van der Waals surface area contributed by atoms with E-state index in [0.717, 1.165) is 0 Å². The number of amides is 2. The molecule has 0 aliphatic carbocycles. The second-order valence-corrected chi connectivity index (χ2v) is 6.88. The summed E-state index contributed by atoms with van der Waals surface area (Å²) in [4.78, 5) is 23.2. The number of carbonyl (C=O) groups is 2. The Kier molecular flexibility index (Phi) is 20.9. The Balaban J connectivity index is 3.06. The largest absolute Gasteiger partial charge is 0.366 e. The van der Waals surface area contributed by atoms with E-state index in [2.05, 4.69) is 207 Å². The van der Waals surface area contributed by atoms with Gasteiger partial charge in [-0.1, -0.05) is 11.8 Å². The fraction of sp³-hybridized carbons (Fsp3) is 0. The molecule has 0 radical (unpaired) electrons. The van der Waals surface area contributed by atoms with Crippen LogP contribution in [0.5, 0.6) is 0 Å². The molecule has 4 heteroatoms. The molecule has 0 aliphatic heterocycles. The van der Waals surface area contributed by atoms with Gasteiger partial charge in [-0.2, -0.15) is 0 Å². The molecular formula is C44H10N2O2. The van der Waals surface area contributed by atoms with E-state index >= 15 is 0 Å². The lowest BCUT2D eigenvalue weighted by Crippen LogP contribution is -2.18. The first-order chi connectivity index (χ1) is 23.6. The highest BCUT2D eigenvalue weighted by Crippen LogP contribution is 2.04. The van der Waals surface area contributed by atoms with Crippen LogP contribution in [0.4, 0.5) is 0 Å². The minimum Gasteiger partial charge on any atom is -0.366 e. The monoisotopic (exact) mass is 598 g/mol. The first kappa shape index (κ1) is 36.4. The number of rotatable bonds is 3. The zero-order chi connectivity index (χ0) is 34.6. The molecule has 3 N–H and O–H groups in total. The average Bonchev–Trinajstić information content (AvgIpc) is 3.10. The van der Waals surface area contributed by atoms with Crippen molar-refractivity contribution < 1.29 is 9.59 Å². The Morgan fingerprint density at radius 1 is 0.479 bits per heavy atom. The maximum absolute atomic E-state index is 12.0. The minimum atomic E-state index is -0.628. The van der Waals surface area contributed by atoms with Crippen LogP contribution in [0.1, 0.15) is 20.7 Å². The smallest absolute Gasteiger partial charge is 0.255 e. The summed E-state index contributed by atoms with van der Waals surface area (Å²) in [5.74, 6) is -1.08. The summed E-state index contributed by atoms with van der Waals surface area (Å²) in [7, 11) is 0. The number of nitrogens with one attached hydrogen (secondary N) is 1. The second kappa shape index (κ2) is 27.6. The average molecular weight is 599 g/mol. The number of benzene rings is 1. The Bertz CT molecular complexity index is 2920. The summed E-state index contributed by atoms with van der Waals surface area (Å²) < 4.78 is 0. The summed E-state index contributed by atoms with van der Waals surface area (Å²) in [6, 6.07) is 5.98. The Morgan fingerprint density at radius 3 is 1.08 bits per heavy atom. The van der Waals surface area contributed by atoms with E-state index in [0.29, 0.717) is 0 Å². The molecule has 0 spiro atoms. The van der Waals surface area contributed by atoms with Gasteiger partial charge < -0.3 is 11.1 Å². The van der Waals surface area contributed by atoms with E-state index in [1.165, 1.54) is 24.4 Å². The summed E-state index contributed by atoms with van der Waals surface area (Å²) in [6.45, 7) is 3.31. The first-order valence-corrected chi connectivity index (χ1v) is 12.4. The lowest BCUT2D eigenvalue weighted by Gasteiger charge is -2.00. The van der Waals surface area contributed by atoms with Crippen molar-refractivity contribution in [3.8, 4) is 0 Å². The predicted molar refractivity (Wildman–Crippen MR) is 172 cm³/mol. The van der Waals surface area contributed by atoms with Gasteiger partial charge in [0.25, 0.3) is 5.91 Å². The number of nitrogens with two attached hydrogens (primary N) is 1. The topological polar surface area (TPSA) is 72.2 Å². The molecule has 0 aromatic heterocycles. The van der Waals surface area contributed by atoms with Gasteiger partial charge in [-0.3, -0.25) is 9.59 Å². The van der Waals surface area contributed by atoms with E-state index < -0.39 is 11.8 Å². The van der Waals surface area contributed by atoms with Gasteiger partial charge in [0, 0.05) is 103 Å². The number of primary amides is 1. The van der Waals surface area contributed by atoms with Crippen molar-refractivity contribution in [2.75, 3.05) is 0 Å². The summed E-state index contributed by atoms with van der Waals surface area (Å²) in [5.41, 5.74) is 90.1. The summed E-state index contributed by atoms with van der Waals surface area (Å²) in [6.07, 6.45) is 1.22. The molecule has 0 bridgehead atoms. The molecule has 0 saturated carbocycles. The van der Waals surface area contributed by atoms with Crippen LogP contribution in [0.15, 0.2) is 232 Å². The molecule has 0 aliphatic rings. The van der Waals surface area contributed by atoms with Crippen LogP contribution in [-0.2, 0) is 0 Å². The molecule has 48 heavy (non-hydrogen) atoms. The van der Waals surface area contributed by atoms with Crippen LogP contribution in [0.3, 0.4) is 0 Å². The molecule has 1 aromatic rings. The van der Waals surface area contributed by atoms with Crippen LogP contribution >= 0.6 is 0 Å². The zero-order valence-electron chi connectivity index (χ0n) is 24.5. The van der Waals surface area contributed by atoms with Crippen LogP contribution in [-0.4, -0.2) is 11.8 Å². The molecule has 208 valence electrons. The predicted octanol–water partition coefficient (Wildman–Crippen LogP) is 5.93. The van der Waals surface area contributed by atoms with Crippen molar-refractivity contribution in [1.82, 2.24) is 5.32 Å². The van der Waals surface area contributed by atoms with Crippen molar-refractivity contribution >= 4 is 11.8 Å². The van der Waals surface area contributed by atoms with Gasteiger partial charge >= 0.3 is 0 Å². The third-order valence-corrected chi connectivity index (χ3v) is 3.78. The Morgan fingerprint density at radius 2 is 0.771 bits per heavy atom. The fourth-order valence-corrected chi connectivity index (χ4v) is 2.05. The fourth-order valence-electron chi connectivity index (χ4n) is 2.05. The Labute approximate surface area is 274 Å². The quantitative estimate of drug-likeness (QED) is 0.424. The maximum Gasteiger partial charge on any atom is 0.255 e. The molecule has 4 nitrogen and oxygen atoms in total. The van der Waals surface area contributed by atoms with Gasteiger partial charge in [-0.25, -0.2) is 0 Å². The van der Waals surface area contributed by atoms with Crippen molar-refractivity contribution in [2.24, 2.45) is 5.73 Å². The van der Waals surface area contributed by atoms with Gasteiger partial charge in [0.05, 0.1) is 6.20 Å². The molecule has 1 aromatic carbocycles. The third-order valence-electron chi connectivity index (χ3n) is 3.78. The van der Waals surface area contributed by atoms with Gasteiger partial charge in [0.2, 0.25) is 5.91 Å². The Hall–Kier alpha value is -9.58. The highest BCUT2D eigenvalue weighted by atomic mass is 16.2. The summed E-state index contributed by atoms with van der Waals surface area (Å²) >= 11 is 0. The maximum atomic E-state index is 12.0. The van der Waals surface area contributed by atoms with Crippen LogP contribution < -0.4 is 11.1 Å². The molecule has 1 rings (SSSR count). The van der Waals surface area contributed by atoms with E-state index in [1.807, 2.05) is 0 Å². The normalized spacial score (nSPS) is 5.50. The van der Waals surface area contributed by atoms with Crippen LogP contribution in [0.2, 0.25) is 0 Å². The highest BCUT2D eigenvalue weighted by molar-refractivity contribution is 5.99. The van der Waals surface area contributed by atoms with Crippen LogP contribution in [0.25, 0.3) is 0 Å². The minimum absolute atomic E-state index is 0.226. The van der Waals surface area contributed by atoms with E-state index in [4.69, 9.17) is 5.73 Å². The molecule has 0 unspecified atom stereocenters. The van der Waals surface area contributed by atoms with Crippen molar-refractivity contribution in [3.05, 3.63) is 243 Å². The molecule has 0 heterocycles. The first-order valence-electron chi connectivity index (χ1n) is 12.4. The van der Waals surface area contributed by atoms with Crippen molar-refractivity contribution in [2.45, 2.75) is 0 Å². The molecule has 0 atom stereocenters. The molecule has 2 amide bonds.